The second-order valence-electron chi connectivity index (χ2n) is 21.3. The molecule has 0 spiro atoms. The summed E-state index contributed by atoms with van der Waals surface area (Å²) in [5.74, 6) is 0.0471. The zero-order chi connectivity index (χ0) is 52.8. The predicted octanol–water partition coefficient (Wildman–Crippen LogP) is 18.7. The number of nitrogens with zero attached hydrogens (tertiary/aromatic N) is 2. The van der Waals surface area contributed by atoms with Crippen molar-refractivity contribution >= 4 is 46.2 Å². The molecule has 0 N–H and O–H groups in total. The molecular weight excluding hydrogens is 952 g/mol. The molecule has 0 radical (unpaired) electrons. The number of aryl methyl sites for hydroxylation is 2. The molecule has 0 amide bonds. The molecule has 0 aromatic heterocycles. The maximum atomic E-state index is 2.66. The summed E-state index contributed by atoms with van der Waals surface area (Å²) in [6, 6.07) is 108. The molecule has 0 saturated carbocycles. The summed E-state index contributed by atoms with van der Waals surface area (Å²) in [6.45, 7) is 4.39. The summed E-state index contributed by atoms with van der Waals surface area (Å²) >= 11 is 0. The van der Waals surface area contributed by atoms with Crippen molar-refractivity contribution < 1.29 is 0 Å². The molecule has 1 atom stereocenters. The smallest absolute Gasteiger partial charge is 0.329 e. The van der Waals surface area contributed by atoms with Crippen LogP contribution in [0.5, 0.6) is 0 Å². The highest BCUT2D eigenvalue weighted by molar-refractivity contribution is 6.92. The lowest BCUT2D eigenvalue weighted by Crippen LogP contribution is -2.62. The number of para-hydroxylation sites is 1. The van der Waals surface area contributed by atoms with Crippen LogP contribution in [0.3, 0.4) is 0 Å². The van der Waals surface area contributed by atoms with Gasteiger partial charge in [-0.05, 0) is 181 Å². The molecule has 374 valence electrons. The highest BCUT2D eigenvalue weighted by Gasteiger charge is 2.46. The van der Waals surface area contributed by atoms with Gasteiger partial charge < -0.3 is 9.71 Å². The van der Waals surface area contributed by atoms with Crippen molar-refractivity contribution in [3.05, 3.63) is 319 Å². The number of fused-ring (bicyclic) bond motifs is 4. The number of rotatable bonds is 11. The molecule has 2 aliphatic heterocycles. The van der Waals surface area contributed by atoms with Gasteiger partial charge >= 0.3 is 6.85 Å². The van der Waals surface area contributed by atoms with E-state index in [1.165, 1.54) is 111 Å². The van der Waals surface area contributed by atoms with Crippen molar-refractivity contribution in [2.75, 3.05) is 9.71 Å². The van der Waals surface area contributed by atoms with Gasteiger partial charge in [0.1, 0.15) is 0 Å². The Morgan fingerprint density at radius 1 is 0.342 bits per heavy atom. The van der Waals surface area contributed by atoms with E-state index in [0.29, 0.717) is 0 Å². The fourth-order valence-electron chi connectivity index (χ4n) is 12.7. The van der Waals surface area contributed by atoms with Gasteiger partial charge in [0.2, 0.25) is 0 Å². The van der Waals surface area contributed by atoms with Crippen LogP contribution < -0.4 is 20.6 Å². The summed E-state index contributed by atoms with van der Waals surface area (Å²) in [6.07, 6.45) is 0.848. The maximum Gasteiger partial charge on any atom is 0.329 e. The van der Waals surface area contributed by atoms with Gasteiger partial charge in [-0.15, -0.1) is 0 Å². The molecule has 79 heavy (non-hydrogen) atoms. The molecule has 14 rings (SSSR count). The van der Waals surface area contributed by atoms with E-state index in [1.54, 1.807) is 0 Å². The molecule has 1 unspecified atom stereocenters. The van der Waals surface area contributed by atoms with E-state index < -0.39 is 0 Å². The Hall–Kier alpha value is -9.70. The third-order valence-electron chi connectivity index (χ3n) is 16.6. The number of benzene rings is 12. The number of anilines is 5. The van der Waals surface area contributed by atoms with Crippen molar-refractivity contribution in [1.29, 1.82) is 0 Å². The first-order valence-electron chi connectivity index (χ1n) is 27.7. The highest BCUT2D eigenvalue weighted by Crippen LogP contribution is 2.48. The number of hydrogen-bond donors (Lipinski definition) is 0. The van der Waals surface area contributed by atoms with Gasteiger partial charge in [0.15, 0.2) is 0 Å². The Morgan fingerprint density at radius 2 is 0.835 bits per heavy atom. The minimum atomic E-state index is -0.160. The lowest BCUT2D eigenvalue weighted by atomic mass is 9.39. The van der Waals surface area contributed by atoms with Crippen LogP contribution in [0.25, 0.3) is 66.8 Å². The van der Waals surface area contributed by atoms with E-state index >= 15 is 0 Å². The minimum Gasteiger partial charge on any atom is -0.376 e. The molecule has 3 heteroatoms. The minimum absolute atomic E-state index is 0.0471. The summed E-state index contributed by atoms with van der Waals surface area (Å²) in [5, 5.41) is 0. The lowest BCUT2D eigenvalue weighted by molar-refractivity contribution is 0.805. The van der Waals surface area contributed by atoms with Crippen LogP contribution in [0.15, 0.2) is 291 Å². The van der Waals surface area contributed by atoms with Crippen molar-refractivity contribution in [3.8, 4) is 66.8 Å². The van der Waals surface area contributed by atoms with E-state index in [9.17, 15) is 0 Å². The van der Waals surface area contributed by atoms with Gasteiger partial charge in [-0.25, -0.2) is 0 Å². The molecule has 0 saturated heterocycles. The predicted molar refractivity (Wildman–Crippen MR) is 335 cm³/mol. The van der Waals surface area contributed by atoms with Crippen LogP contribution in [-0.4, -0.2) is 6.85 Å². The summed E-state index contributed by atoms with van der Waals surface area (Å²) < 4.78 is 0. The first-order chi connectivity index (χ1) is 39.0. The Kier molecular flexibility index (Phi) is 12.3. The van der Waals surface area contributed by atoms with Gasteiger partial charge in [0.25, 0.3) is 0 Å². The van der Waals surface area contributed by atoms with Gasteiger partial charge in [-0.3, -0.25) is 0 Å². The van der Waals surface area contributed by atoms with E-state index in [2.05, 4.69) is 315 Å². The van der Waals surface area contributed by atoms with Gasteiger partial charge in [-0.2, -0.15) is 0 Å². The van der Waals surface area contributed by atoms with Crippen LogP contribution in [0.4, 0.5) is 28.4 Å². The zero-order valence-corrected chi connectivity index (χ0v) is 44.5. The van der Waals surface area contributed by atoms with Crippen molar-refractivity contribution in [1.82, 2.24) is 0 Å². The number of hydrogen-bond acceptors (Lipinski definition) is 2. The monoisotopic (exact) mass is 1010 g/mol. The average Bonchev–Trinajstić information content (AvgIpc) is 3.67. The molecule has 2 aliphatic rings. The first-order valence-corrected chi connectivity index (χ1v) is 27.7. The second kappa shape index (κ2) is 20.4. The normalized spacial score (nSPS) is 13.1. The largest absolute Gasteiger partial charge is 0.376 e. The molecule has 12 aromatic rings. The van der Waals surface area contributed by atoms with Crippen LogP contribution in [0.2, 0.25) is 0 Å². The van der Waals surface area contributed by atoms with Crippen LogP contribution in [0.1, 0.15) is 33.7 Å². The van der Waals surface area contributed by atoms with E-state index in [0.717, 1.165) is 29.2 Å². The van der Waals surface area contributed by atoms with Crippen molar-refractivity contribution in [3.63, 3.8) is 0 Å². The zero-order valence-electron chi connectivity index (χ0n) is 44.5. The quantitative estimate of drug-likeness (QED) is 0.119. The highest BCUT2D eigenvalue weighted by atomic mass is 15.1. The molecular formula is C76H57BN2. The third kappa shape index (κ3) is 8.84. The Balaban J connectivity index is 1.01. The molecule has 0 aliphatic carbocycles. The topological polar surface area (TPSA) is 6.48 Å². The molecule has 0 fully saturated rings. The van der Waals surface area contributed by atoms with Crippen LogP contribution in [0, 0.1) is 13.8 Å². The molecule has 12 aromatic carbocycles. The standard InChI is InChI=1S/C76H57BN2/c1-52-20-15-16-31-68(52)63-49-72-70-32-17-18-33-75(70)79(67-30-19-29-61(47-67)56-25-11-5-12-26-56)77-74-51-66(44-45-69(74)71(73(50-63)76(72)77)48-60-34-35-62(46-53(60)2)57-27-13-6-14-28-57)78(64-40-36-58(37-41-64)54-21-7-3-8-22-54)65-42-38-59(39-43-65)55-23-9-4-10-24-55/h3-47,49-51,71H,48H2,1-2H3. The third-order valence-corrected chi connectivity index (χ3v) is 16.6. The fourth-order valence-corrected chi connectivity index (χ4v) is 12.7. The average molecular weight is 1010 g/mol. The molecule has 2 nitrogen and oxygen atoms in total. The van der Waals surface area contributed by atoms with E-state index in [4.69, 9.17) is 0 Å². The fraction of sp³-hybridized carbons (Fsp3) is 0.0526. The Labute approximate surface area is 465 Å². The Morgan fingerprint density at radius 3 is 1.43 bits per heavy atom. The first kappa shape index (κ1) is 47.7. The van der Waals surface area contributed by atoms with Crippen molar-refractivity contribution in [2.24, 2.45) is 0 Å². The maximum absolute atomic E-state index is 2.66. The summed E-state index contributed by atoms with van der Waals surface area (Å²) in [4.78, 5) is 5.12. The lowest BCUT2D eigenvalue weighted by Gasteiger charge is -2.45. The molecule has 0 bridgehead atoms. The van der Waals surface area contributed by atoms with Crippen LogP contribution in [-0.2, 0) is 6.42 Å². The Bertz CT molecular complexity index is 4090. The SMILES string of the molecule is Cc1cc(-c2ccccc2)ccc1CC1c2ccc(N(c3ccc(-c4ccccc4)cc3)c3ccc(-c4ccccc4)cc3)cc2B2c3c(cc(-c4ccccc4C)cc31)-c1ccccc1N2c1cccc(-c2ccccc2)c1. The van der Waals surface area contributed by atoms with Crippen LogP contribution >= 0.6 is 0 Å². The van der Waals surface area contributed by atoms with E-state index in [-0.39, 0.29) is 12.8 Å². The van der Waals surface area contributed by atoms with Crippen molar-refractivity contribution in [2.45, 2.75) is 26.2 Å². The van der Waals surface area contributed by atoms with Gasteiger partial charge in [0, 0.05) is 39.9 Å². The van der Waals surface area contributed by atoms with E-state index in [1.807, 2.05) is 0 Å². The molecule has 2 heterocycles. The van der Waals surface area contributed by atoms with Gasteiger partial charge in [0.05, 0.1) is 0 Å². The summed E-state index contributed by atoms with van der Waals surface area (Å²) in [5.41, 5.74) is 29.7. The second-order valence-corrected chi connectivity index (χ2v) is 21.3. The van der Waals surface area contributed by atoms with Gasteiger partial charge in [-0.1, -0.05) is 231 Å². The summed E-state index contributed by atoms with van der Waals surface area (Å²) in [7, 11) is 0.